The highest BCUT2D eigenvalue weighted by Gasteiger charge is 2.41. The third kappa shape index (κ3) is 2.51. The summed E-state index contributed by atoms with van der Waals surface area (Å²) < 4.78 is 0. The lowest BCUT2D eigenvalue weighted by molar-refractivity contribution is -0.148. The summed E-state index contributed by atoms with van der Waals surface area (Å²) in [6, 6.07) is 0. The van der Waals surface area contributed by atoms with E-state index >= 15 is 0 Å². The number of carbonyl (C=O) groups is 2. The Labute approximate surface area is 101 Å². The van der Waals surface area contributed by atoms with Crippen LogP contribution in [0.3, 0.4) is 0 Å². The summed E-state index contributed by atoms with van der Waals surface area (Å²) in [6.45, 7) is 0.289. The van der Waals surface area contributed by atoms with E-state index in [-0.39, 0.29) is 18.4 Å². The van der Waals surface area contributed by atoms with Crippen molar-refractivity contribution < 1.29 is 14.7 Å². The van der Waals surface area contributed by atoms with Gasteiger partial charge >= 0.3 is 5.97 Å². The summed E-state index contributed by atoms with van der Waals surface area (Å²) >= 11 is 0. The van der Waals surface area contributed by atoms with Crippen LogP contribution in [0, 0.1) is 11.3 Å². The van der Waals surface area contributed by atoms with Crippen LogP contribution in [-0.2, 0) is 9.59 Å². The van der Waals surface area contributed by atoms with Gasteiger partial charge in [0.15, 0.2) is 0 Å². The van der Waals surface area contributed by atoms with E-state index < -0.39 is 11.4 Å². The number of carboxylic acid groups (broad SMARTS) is 1. The standard InChI is InChI=1S/C13H19NO3/c15-11(10-5-1-2-6-10)14-9-13(12(16)17)7-3-4-8-13/h1-2,10H,3-9H2,(H,14,15)(H,16,17). The minimum absolute atomic E-state index is 0.00234. The van der Waals surface area contributed by atoms with E-state index in [1.54, 1.807) is 0 Å². The molecule has 2 rings (SSSR count). The summed E-state index contributed by atoms with van der Waals surface area (Å²) in [5.74, 6) is -0.746. The molecule has 0 spiro atoms. The first-order chi connectivity index (χ1) is 8.14. The number of rotatable bonds is 4. The van der Waals surface area contributed by atoms with Crippen molar-refractivity contribution in [3.63, 3.8) is 0 Å². The van der Waals surface area contributed by atoms with Crippen molar-refractivity contribution in [2.75, 3.05) is 6.54 Å². The summed E-state index contributed by atoms with van der Waals surface area (Å²) in [7, 11) is 0. The first-order valence-electron chi connectivity index (χ1n) is 6.30. The van der Waals surface area contributed by atoms with Crippen molar-refractivity contribution in [1.29, 1.82) is 0 Å². The van der Waals surface area contributed by atoms with Crippen LogP contribution in [0.4, 0.5) is 0 Å². The Balaban J connectivity index is 1.87. The minimum Gasteiger partial charge on any atom is -0.481 e. The van der Waals surface area contributed by atoms with E-state index in [0.29, 0.717) is 12.8 Å². The van der Waals surface area contributed by atoms with Crippen molar-refractivity contribution in [3.8, 4) is 0 Å². The van der Waals surface area contributed by atoms with Gasteiger partial charge < -0.3 is 10.4 Å². The van der Waals surface area contributed by atoms with E-state index in [0.717, 1.165) is 25.7 Å². The zero-order valence-electron chi connectivity index (χ0n) is 9.95. The van der Waals surface area contributed by atoms with E-state index in [9.17, 15) is 14.7 Å². The van der Waals surface area contributed by atoms with Gasteiger partial charge in [-0.05, 0) is 25.7 Å². The van der Waals surface area contributed by atoms with Crippen LogP contribution in [0.2, 0.25) is 0 Å². The largest absolute Gasteiger partial charge is 0.481 e. The molecule has 0 aromatic rings. The molecule has 0 unspecified atom stereocenters. The van der Waals surface area contributed by atoms with Crippen molar-refractivity contribution in [2.45, 2.75) is 38.5 Å². The highest BCUT2D eigenvalue weighted by molar-refractivity contribution is 5.81. The van der Waals surface area contributed by atoms with Gasteiger partial charge in [0.2, 0.25) is 5.91 Å². The molecule has 1 amide bonds. The molecule has 0 heterocycles. The number of carbonyl (C=O) groups excluding carboxylic acids is 1. The van der Waals surface area contributed by atoms with Gasteiger partial charge in [-0.1, -0.05) is 25.0 Å². The highest BCUT2D eigenvalue weighted by Crippen LogP contribution is 2.37. The normalized spacial score (nSPS) is 22.8. The molecule has 0 aliphatic heterocycles. The van der Waals surface area contributed by atoms with Crippen LogP contribution in [-0.4, -0.2) is 23.5 Å². The number of aliphatic carboxylic acids is 1. The Kier molecular flexibility index (Phi) is 3.50. The SMILES string of the molecule is O=C(NCC1(C(=O)O)CCCC1)C1CC=CC1. The lowest BCUT2D eigenvalue weighted by Gasteiger charge is -2.24. The van der Waals surface area contributed by atoms with Gasteiger partial charge in [-0.25, -0.2) is 0 Å². The van der Waals surface area contributed by atoms with Crippen molar-refractivity contribution >= 4 is 11.9 Å². The monoisotopic (exact) mass is 237 g/mol. The Hall–Kier alpha value is -1.32. The lowest BCUT2D eigenvalue weighted by atomic mass is 9.86. The average Bonchev–Trinajstić information content (AvgIpc) is 2.97. The molecule has 4 heteroatoms. The Morgan fingerprint density at radius 1 is 1.24 bits per heavy atom. The van der Waals surface area contributed by atoms with Crippen molar-refractivity contribution in [1.82, 2.24) is 5.32 Å². The van der Waals surface area contributed by atoms with Gasteiger partial charge in [-0.2, -0.15) is 0 Å². The lowest BCUT2D eigenvalue weighted by Crippen LogP contribution is -2.42. The molecule has 0 radical (unpaired) electrons. The fourth-order valence-corrected chi connectivity index (χ4v) is 2.75. The maximum atomic E-state index is 11.8. The molecule has 0 saturated heterocycles. The summed E-state index contributed by atoms with van der Waals surface area (Å²) in [4.78, 5) is 23.1. The van der Waals surface area contributed by atoms with E-state index in [2.05, 4.69) is 5.32 Å². The fraction of sp³-hybridized carbons (Fsp3) is 0.692. The van der Waals surface area contributed by atoms with Crippen LogP contribution in [0.25, 0.3) is 0 Å². The number of hydrogen-bond acceptors (Lipinski definition) is 2. The van der Waals surface area contributed by atoms with Crippen molar-refractivity contribution in [2.24, 2.45) is 11.3 Å². The number of allylic oxidation sites excluding steroid dienone is 2. The second-order valence-electron chi connectivity index (χ2n) is 5.15. The predicted octanol–water partition coefficient (Wildman–Crippen LogP) is 1.71. The first-order valence-corrected chi connectivity index (χ1v) is 6.30. The van der Waals surface area contributed by atoms with E-state index in [4.69, 9.17) is 0 Å². The minimum atomic E-state index is -0.764. The predicted molar refractivity (Wildman–Crippen MR) is 63.4 cm³/mol. The second-order valence-corrected chi connectivity index (χ2v) is 5.15. The second kappa shape index (κ2) is 4.90. The third-order valence-corrected chi connectivity index (χ3v) is 3.99. The number of amides is 1. The molecule has 17 heavy (non-hydrogen) atoms. The Morgan fingerprint density at radius 3 is 2.35 bits per heavy atom. The molecule has 1 saturated carbocycles. The number of nitrogens with one attached hydrogen (secondary N) is 1. The fourth-order valence-electron chi connectivity index (χ4n) is 2.75. The molecule has 94 valence electrons. The van der Waals surface area contributed by atoms with Gasteiger partial charge in [0.25, 0.3) is 0 Å². The summed E-state index contributed by atoms with van der Waals surface area (Å²) in [5, 5.41) is 12.1. The van der Waals surface area contributed by atoms with Gasteiger partial charge in [0.1, 0.15) is 0 Å². The van der Waals surface area contributed by atoms with Gasteiger partial charge in [-0.3, -0.25) is 9.59 Å². The van der Waals surface area contributed by atoms with Crippen molar-refractivity contribution in [3.05, 3.63) is 12.2 Å². The molecular weight excluding hydrogens is 218 g/mol. The molecule has 2 aliphatic carbocycles. The first kappa shape index (κ1) is 12.1. The molecule has 0 bridgehead atoms. The van der Waals surface area contributed by atoms with Crippen LogP contribution in [0.1, 0.15) is 38.5 Å². The maximum Gasteiger partial charge on any atom is 0.311 e. The van der Waals surface area contributed by atoms with Crippen LogP contribution in [0.15, 0.2) is 12.2 Å². The smallest absolute Gasteiger partial charge is 0.311 e. The zero-order valence-corrected chi connectivity index (χ0v) is 9.95. The topological polar surface area (TPSA) is 66.4 Å². The molecule has 0 atom stereocenters. The number of hydrogen-bond donors (Lipinski definition) is 2. The maximum absolute atomic E-state index is 11.8. The Bertz CT molecular complexity index is 335. The van der Waals surface area contributed by atoms with Crippen LogP contribution >= 0.6 is 0 Å². The average molecular weight is 237 g/mol. The van der Waals surface area contributed by atoms with Gasteiger partial charge in [0.05, 0.1) is 5.41 Å². The van der Waals surface area contributed by atoms with Gasteiger partial charge in [0, 0.05) is 12.5 Å². The Morgan fingerprint density at radius 2 is 1.82 bits per heavy atom. The van der Waals surface area contributed by atoms with E-state index in [1.165, 1.54) is 0 Å². The third-order valence-electron chi connectivity index (χ3n) is 3.99. The molecule has 4 nitrogen and oxygen atoms in total. The molecule has 2 aliphatic rings. The zero-order chi connectivity index (χ0) is 12.3. The van der Waals surface area contributed by atoms with Crippen LogP contribution in [0.5, 0.6) is 0 Å². The molecular formula is C13H19NO3. The van der Waals surface area contributed by atoms with Crippen LogP contribution < -0.4 is 5.32 Å². The molecule has 0 aromatic heterocycles. The quantitative estimate of drug-likeness (QED) is 0.731. The highest BCUT2D eigenvalue weighted by atomic mass is 16.4. The summed E-state index contributed by atoms with van der Waals surface area (Å²) in [6.07, 6.45) is 8.86. The summed E-state index contributed by atoms with van der Waals surface area (Å²) in [5.41, 5.74) is -0.707. The van der Waals surface area contributed by atoms with E-state index in [1.807, 2.05) is 12.2 Å². The number of carboxylic acids is 1. The molecule has 0 aromatic carbocycles. The molecule has 2 N–H and O–H groups in total. The molecule has 1 fully saturated rings. The van der Waals surface area contributed by atoms with Gasteiger partial charge in [-0.15, -0.1) is 0 Å².